The minimum Gasteiger partial charge on any atom is -0.348 e. The third-order valence-corrected chi connectivity index (χ3v) is 3.06. The highest BCUT2D eigenvalue weighted by atomic mass is 16.7. The van der Waals surface area contributed by atoms with Gasteiger partial charge in [0.05, 0.1) is 12.7 Å². The Hall–Kier alpha value is -0.0800. The van der Waals surface area contributed by atoms with Crippen LogP contribution in [0.2, 0.25) is 0 Å². The molecule has 0 spiro atoms. The smallest absolute Gasteiger partial charge is 0.163 e. The third kappa shape index (κ3) is 4.52. The first-order valence-corrected chi connectivity index (χ1v) is 6.39. The summed E-state index contributed by atoms with van der Waals surface area (Å²) in [6.07, 6.45) is 6.71. The Labute approximate surface area is 94.3 Å². The molecule has 15 heavy (non-hydrogen) atoms. The van der Waals surface area contributed by atoms with Gasteiger partial charge in [-0.05, 0) is 26.2 Å². The Bertz CT molecular complexity index is 171. The van der Waals surface area contributed by atoms with Crippen molar-refractivity contribution in [1.29, 1.82) is 0 Å². The Kier molecular flexibility index (Phi) is 5.07. The number of hydrogen-bond acceptors (Lipinski definition) is 2. The molecular formula is C13H26O2. The summed E-state index contributed by atoms with van der Waals surface area (Å²) in [6, 6.07) is 0. The van der Waals surface area contributed by atoms with E-state index in [-0.39, 0.29) is 5.79 Å². The Morgan fingerprint density at radius 1 is 1.20 bits per heavy atom. The lowest BCUT2D eigenvalue weighted by molar-refractivity contribution is -0.140. The zero-order valence-corrected chi connectivity index (χ0v) is 10.7. The van der Waals surface area contributed by atoms with Crippen molar-refractivity contribution in [2.45, 2.75) is 71.7 Å². The van der Waals surface area contributed by atoms with Crippen LogP contribution in [-0.4, -0.2) is 18.5 Å². The molecule has 1 heterocycles. The molecule has 1 fully saturated rings. The van der Waals surface area contributed by atoms with Crippen LogP contribution in [0.5, 0.6) is 0 Å². The molecule has 0 radical (unpaired) electrons. The minimum atomic E-state index is -0.354. The molecule has 0 aliphatic carbocycles. The summed E-state index contributed by atoms with van der Waals surface area (Å²) in [5, 5.41) is 0. The summed E-state index contributed by atoms with van der Waals surface area (Å²) in [5.41, 5.74) is 0. The van der Waals surface area contributed by atoms with Gasteiger partial charge in [-0.1, -0.05) is 39.5 Å². The Balaban J connectivity index is 2.32. The van der Waals surface area contributed by atoms with Crippen LogP contribution in [0.1, 0.15) is 59.8 Å². The second kappa shape index (κ2) is 5.86. The largest absolute Gasteiger partial charge is 0.348 e. The van der Waals surface area contributed by atoms with E-state index in [4.69, 9.17) is 9.47 Å². The number of rotatable bonds is 6. The first kappa shape index (κ1) is 13.0. The molecule has 1 aliphatic heterocycles. The van der Waals surface area contributed by atoms with E-state index in [0.29, 0.717) is 6.10 Å². The van der Waals surface area contributed by atoms with Gasteiger partial charge in [-0.15, -0.1) is 0 Å². The van der Waals surface area contributed by atoms with Crippen molar-refractivity contribution in [2.75, 3.05) is 6.61 Å². The molecule has 1 atom stereocenters. The maximum absolute atomic E-state index is 5.85. The second-order valence-corrected chi connectivity index (χ2v) is 5.13. The van der Waals surface area contributed by atoms with Crippen LogP contribution in [0.4, 0.5) is 0 Å². The van der Waals surface area contributed by atoms with Gasteiger partial charge >= 0.3 is 0 Å². The summed E-state index contributed by atoms with van der Waals surface area (Å²) >= 11 is 0. The molecule has 1 saturated heterocycles. The molecule has 0 aromatic heterocycles. The maximum Gasteiger partial charge on any atom is 0.163 e. The summed E-state index contributed by atoms with van der Waals surface area (Å²) in [5.74, 6) is 0.468. The maximum atomic E-state index is 5.85. The van der Waals surface area contributed by atoms with Crippen LogP contribution in [0.3, 0.4) is 0 Å². The molecule has 0 aromatic rings. The molecule has 0 saturated carbocycles. The molecule has 90 valence electrons. The van der Waals surface area contributed by atoms with Gasteiger partial charge in [0, 0.05) is 0 Å². The van der Waals surface area contributed by atoms with Gasteiger partial charge in [0.1, 0.15) is 0 Å². The molecule has 0 N–H and O–H groups in total. The highest BCUT2D eigenvalue weighted by molar-refractivity contribution is 4.74. The predicted molar refractivity (Wildman–Crippen MR) is 62.8 cm³/mol. The van der Waals surface area contributed by atoms with Gasteiger partial charge in [0.25, 0.3) is 0 Å². The molecule has 1 rings (SSSR count). The average molecular weight is 214 g/mol. The molecule has 2 heteroatoms. The average Bonchev–Trinajstić information content (AvgIpc) is 2.46. The van der Waals surface area contributed by atoms with Crippen molar-refractivity contribution < 1.29 is 9.47 Å². The van der Waals surface area contributed by atoms with E-state index in [1.54, 1.807) is 0 Å². The van der Waals surface area contributed by atoms with Gasteiger partial charge in [0.2, 0.25) is 0 Å². The quantitative estimate of drug-likeness (QED) is 0.670. The van der Waals surface area contributed by atoms with E-state index >= 15 is 0 Å². The van der Waals surface area contributed by atoms with E-state index in [0.717, 1.165) is 12.5 Å². The second-order valence-electron chi connectivity index (χ2n) is 5.13. The molecule has 2 nitrogen and oxygen atoms in total. The van der Waals surface area contributed by atoms with Crippen molar-refractivity contribution in [3.63, 3.8) is 0 Å². The molecule has 0 amide bonds. The fraction of sp³-hybridized carbons (Fsp3) is 1.00. The Morgan fingerprint density at radius 2 is 1.80 bits per heavy atom. The molecule has 0 aromatic carbocycles. The van der Waals surface area contributed by atoms with E-state index in [1.807, 2.05) is 13.8 Å². The zero-order chi connectivity index (χ0) is 11.3. The van der Waals surface area contributed by atoms with E-state index in [2.05, 4.69) is 13.8 Å². The van der Waals surface area contributed by atoms with Crippen LogP contribution >= 0.6 is 0 Å². The van der Waals surface area contributed by atoms with Crippen molar-refractivity contribution in [3.8, 4) is 0 Å². The van der Waals surface area contributed by atoms with Crippen molar-refractivity contribution in [3.05, 3.63) is 0 Å². The van der Waals surface area contributed by atoms with Crippen LogP contribution in [0, 0.1) is 5.92 Å². The lowest BCUT2D eigenvalue weighted by atomic mass is 9.92. The van der Waals surface area contributed by atoms with Gasteiger partial charge < -0.3 is 9.47 Å². The molecule has 0 unspecified atom stereocenters. The molecule has 1 aliphatic rings. The number of hydrogen-bond donors (Lipinski definition) is 0. The molecule has 0 bridgehead atoms. The molecular weight excluding hydrogens is 188 g/mol. The summed E-state index contributed by atoms with van der Waals surface area (Å²) in [7, 11) is 0. The number of ether oxygens (including phenoxy) is 2. The third-order valence-electron chi connectivity index (χ3n) is 3.06. The minimum absolute atomic E-state index is 0.322. The van der Waals surface area contributed by atoms with Gasteiger partial charge in [-0.25, -0.2) is 0 Å². The van der Waals surface area contributed by atoms with Gasteiger partial charge in [-0.3, -0.25) is 0 Å². The highest BCUT2D eigenvalue weighted by Gasteiger charge is 2.33. The van der Waals surface area contributed by atoms with Crippen LogP contribution in [-0.2, 0) is 9.47 Å². The predicted octanol–water partition coefficient (Wildman–Crippen LogP) is 3.74. The SMILES string of the molecule is CCCC(CCC)C[C@@H]1COC(C)(C)O1. The summed E-state index contributed by atoms with van der Waals surface area (Å²) in [4.78, 5) is 0. The fourth-order valence-corrected chi connectivity index (χ4v) is 2.45. The lowest BCUT2D eigenvalue weighted by Crippen LogP contribution is -2.22. The van der Waals surface area contributed by atoms with E-state index in [1.165, 1.54) is 32.1 Å². The monoisotopic (exact) mass is 214 g/mol. The van der Waals surface area contributed by atoms with Crippen molar-refractivity contribution in [2.24, 2.45) is 5.92 Å². The first-order valence-electron chi connectivity index (χ1n) is 6.39. The lowest BCUT2D eigenvalue weighted by Gasteiger charge is -2.21. The van der Waals surface area contributed by atoms with Crippen LogP contribution in [0.25, 0.3) is 0 Å². The fourth-order valence-electron chi connectivity index (χ4n) is 2.45. The van der Waals surface area contributed by atoms with Gasteiger partial charge in [0.15, 0.2) is 5.79 Å². The van der Waals surface area contributed by atoms with Crippen LogP contribution < -0.4 is 0 Å². The normalized spacial score (nSPS) is 25.0. The van der Waals surface area contributed by atoms with Gasteiger partial charge in [-0.2, -0.15) is 0 Å². The van der Waals surface area contributed by atoms with Crippen LogP contribution in [0.15, 0.2) is 0 Å². The highest BCUT2D eigenvalue weighted by Crippen LogP contribution is 2.29. The standard InChI is InChI=1S/C13H26O2/c1-5-7-11(8-6-2)9-12-10-14-13(3,4)15-12/h11-12H,5-10H2,1-4H3/t12-/m1/s1. The Morgan fingerprint density at radius 3 is 2.20 bits per heavy atom. The van der Waals surface area contributed by atoms with E-state index < -0.39 is 0 Å². The first-order chi connectivity index (χ1) is 7.07. The summed E-state index contributed by atoms with van der Waals surface area (Å²) < 4.78 is 11.4. The topological polar surface area (TPSA) is 18.5 Å². The van der Waals surface area contributed by atoms with Crippen molar-refractivity contribution in [1.82, 2.24) is 0 Å². The van der Waals surface area contributed by atoms with E-state index in [9.17, 15) is 0 Å². The van der Waals surface area contributed by atoms with Crippen molar-refractivity contribution >= 4 is 0 Å². The zero-order valence-electron chi connectivity index (χ0n) is 10.7. The summed E-state index contributed by atoms with van der Waals surface area (Å²) in [6.45, 7) is 9.30.